The van der Waals surface area contributed by atoms with E-state index in [2.05, 4.69) is 0 Å². The van der Waals surface area contributed by atoms with Crippen LogP contribution in [0.1, 0.15) is 21.5 Å². The van der Waals surface area contributed by atoms with Crippen LogP contribution in [0.25, 0.3) is 11.8 Å². The average molecular weight is 352 g/mol. The van der Waals surface area contributed by atoms with Crippen LogP contribution in [-0.4, -0.2) is 17.5 Å². The van der Waals surface area contributed by atoms with Crippen LogP contribution < -0.4 is 4.74 Å². The summed E-state index contributed by atoms with van der Waals surface area (Å²) >= 11 is 5.93. The second-order valence-corrected chi connectivity index (χ2v) is 5.81. The first-order chi connectivity index (χ1) is 12.2. The molecular formula is C21H18ClNO2. The molecule has 0 aliphatic carbocycles. The molecule has 0 fully saturated rings. The zero-order chi connectivity index (χ0) is 17.6. The van der Waals surface area contributed by atoms with E-state index in [-0.39, 0.29) is 5.78 Å². The lowest BCUT2D eigenvalue weighted by Crippen LogP contribution is -1.97. The molecule has 0 unspecified atom stereocenters. The summed E-state index contributed by atoms with van der Waals surface area (Å²) in [5.74, 6) is 1.06. The fourth-order valence-corrected chi connectivity index (χ4v) is 2.81. The highest BCUT2D eigenvalue weighted by Crippen LogP contribution is 2.22. The Morgan fingerprint density at radius 2 is 1.92 bits per heavy atom. The van der Waals surface area contributed by atoms with Crippen molar-refractivity contribution in [2.45, 2.75) is 5.88 Å². The number of carbonyl (C=O) groups is 1. The number of alkyl halides is 1. The molecule has 0 aliphatic rings. The molecule has 1 aromatic heterocycles. The molecule has 0 N–H and O–H groups in total. The van der Waals surface area contributed by atoms with Crippen molar-refractivity contribution >= 4 is 23.5 Å². The van der Waals surface area contributed by atoms with Crippen LogP contribution in [0.15, 0.2) is 73.1 Å². The zero-order valence-electron chi connectivity index (χ0n) is 13.9. The van der Waals surface area contributed by atoms with Crippen molar-refractivity contribution in [3.63, 3.8) is 0 Å². The number of ether oxygens (including phenoxy) is 1. The molecule has 0 bridgehead atoms. The monoisotopic (exact) mass is 351 g/mol. The summed E-state index contributed by atoms with van der Waals surface area (Å²) in [5, 5.41) is 0. The number of rotatable bonds is 6. The number of hydrogen-bond acceptors (Lipinski definition) is 2. The van der Waals surface area contributed by atoms with E-state index < -0.39 is 0 Å². The van der Waals surface area contributed by atoms with Crippen molar-refractivity contribution in [1.82, 2.24) is 4.57 Å². The Morgan fingerprint density at radius 3 is 2.64 bits per heavy atom. The van der Waals surface area contributed by atoms with Crippen LogP contribution in [0.2, 0.25) is 0 Å². The SMILES string of the molecule is COc1ccc(/C=C/C(=O)c2cccc(-n3cccc3)c2)cc1CCl. The lowest BCUT2D eigenvalue weighted by molar-refractivity contribution is 0.104. The van der Waals surface area contributed by atoms with Gasteiger partial charge in [0.1, 0.15) is 5.75 Å². The average Bonchev–Trinajstić information content (AvgIpc) is 3.20. The van der Waals surface area contributed by atoms with E-state index in [9.17, 15) is 4.79 Å². The van der Waals surface area contributed by atoms with Gasteiger partial charge in [-0.05, 0) is 48.0 Å². The number of nitrogens with zero attached hydrogens (tertiary/aromatic N) is 1. The molecule has 0 aliphatic heterocycles. The second-order valence-electron chi connectivity index (χ2n) is 5.54. The highest BCUT2D eigenvalue weighted by molar-refractivity contribution is 6.17. The summed E-state index contributed by atoms with van der Waals surface area (Å²) in [6.07, 6.45) is 7.27. The van der Waals surface area contributed by atoms with Crippen LogP contribution in [-0.2, 0) is 5.88 Å². The molecule has 4 heteroatoms. The summed E-state index contributed by atoms with van der Waals surface area (Å²) in [7, 11) is 1.61. The minimum atomic E-state index is -0.0442. The highest BCUT2D eigenvalue weighted by Gasteiger charge is 2.05. The van der Waals surface area contributed by atoms with Crippen molar-refractivity contribution in [3.05, 3.63) is 89.8 Å². The smallest absolute Gasteiger partial charge is 0.185 e. The van der Waals surface area contributed by atoms with Gasteiger partial charge in [-0.25, -0.2) is 0 Å². The Hall–Kier alpha value is -2.78. The van der Waals surface area contributed by atoms with Gasteiger partial charge >= 0.3 is 0 Å². The fourth-order valence-electron chi connectivity index (χ4n) is 2.60. The molecule has 0 spiro atoms. The summed E-state index contributed by atoms with van der Waals surface area (Å²) in [6, 6.07) is 17.1. The summed E-state index contributed by atoms with van der Waals surface area (Å²) < 4.78 is 7.23. The standard InChI is InChI=1S/C21H18ClNO2/c1-25-21-10-8-16(13-18(21)15-22)7-9-20(24)17-5-4-6-19(14-17)23-11-2-3-12-23/h2-14H,15H2,1H3/b9-7+. The molecule has 1 heterocycles. The molecule has 3 nitrogen and oxygen atoms in total. The summed E-state index contributed by atoms with van der Waals surface area (Å²) in [5.41, 5.74) is 3.41. The minimum Gasteiger partial charge on any atom is -0.496 e. The maximum absolute atomic E-state index is 12.5. The Labute approximate surface area is 152 Å². The predicted molar refractivity (Wildman–Crippen MR) is 102 cm³/mol. The molecule has 0 atom stereocenters. The molecule has 0 radical (unpaired) electrons. The number of allylic oxidation sites excluding steroid dienone is 1. The maximum Gasteiger partial charge on any atom is 0.185 e. The minimum absolute atomic E-state index is 0.0442. The van der Waals surface area contributed by atoms with Gasteiger partial charge in [0.05, 0.1) is 13.0 Å². The number of methoxy groups -OCH3 is 1. The summed E-state index contributed by atoms with van der Waals surface area (Å²) in [6.45, 7) is 0. The number of benzene rings is 2. The van der Waals surface area contributed by atoms with Gasteiger partial charge in [-0.1, -0.05) is 24.3 Å². The van der Waals surface area contributed by atoms with E-state index >= 15 is 0 Å². The van der Waals surface area contributed by atoms with Crippen molar-refractivity contribution in [2.75, 3.05) is 7.11 Å². The largest absolute Gasteiger partial charge is 0.496 e. The van der Waals surface area contributed by atoms with E-state index in [4.69, 9.17) is 16.3 Å². The Balaban J connectivity index is 1.80. The van der Waals surface area contributed by atoms with Gasteiger partial charge in [0.25, 0.3) is 0 Å². The van der Waals surface area contributed by atoms with Crippen LogP contribution in [0.4, 0.5) is 0 Å². The molecule has 25 heavy (non-hydrogen) atoms. The van der Waals surface area contributed by atoms with Crippen molar-refractivity contribution in [2.24, 2.45) is 0 Å². The lowest BCUT2D eigenvalue weighted by atomic mass is 10.1. The van der Waals surface area contributed by atoms with Crippen LogP contribution in [0, 0.1) is 0 Å². The van der Waals surface area contributed by atoms with E-state index in [0.717, 1.165) is 22.6 Å². The Morgan fingerprint density at radius 1 is 1.12 bits per heavy atom. The van der Waals surface area contributed by atoms with E-state index in [0.29, 0.717) is 11.4 Å². The molecule has 3 aromatic rings. The fraction of sp³-hybridized carbons (Fsp3) is 0.0952. The van der Waals surface area contributed by atoms with Gasteiger partial charge in [0, 0.05) is 29.2 Å². The number of ketones is 1. The maximum atomic E-state index is 12.5. The van der Waals surface area contributed by atoms with E-state index in [1.807, 2.05) is 71.6 Å². The molecule has 3 rings (SSSR count). The third kappa shape index (κ3) is 4.01. The number of halogens is 1. The topological polar surface area (TPSA) is 31.2 Å². The molecule has 0 amide bonds. The Bertz CT molecular complexity index is 898. The van der Waals surface area contributed by atoms with E-state index in [1.54, 1.807) is 19.3 Å². The third-order valence-corrected chi connectivity index (χ3v) is 4.20. The van der Waals surface area contributed by atoms with Gasteiger partial charge in [-0.15, -0.1) is 11.6 Å². The van der Waals surface area contributed by atoms with Gasteiger partial charge in [-0.3, -0.25) is 4.79 Å². The van der Waals surface area contributed by atoms with Crippen LogP contribution >= 0.6 is 11.6 Å². The second kappa shape index (κ2) is 7.86. The molecule has 126 valence electrons. The predicted octanol–water partition coefficient (Wildman–Crippen LogP) is 5.12. The van der Waals surface area contributed by atoms with Crippen molar-refractivity contribution in [1.29, 1.82) is 0 Å². The first kappa shape index (κ1) is 17.1. The first-order valence-electron chi connectivity index (χ1n) is 7.90. The van der Waals surface area contributed by atoms with Crippen molar-refractivity contribution < 1.29 is 9.53 Å². The van der Waals surface area contributed by atoms with Gasteiger partial charge in [0.2, 0.25) is 0 Å². The summed E-state index contributed by atoms with van der Waals surface area (Å²) in [4.78, 5) is 12.5. The number of carbonyl (C=O) groups excluding carboxylic acids is 1. The van der Waals surface area contributed by atoms with Gasteiger partial charge in [0.15, 0.2) is 5.78 Å². The Kier molecular flexibility index (Phi) is 5.36. The molecule has 2 aromatic carbocycles. The van der Waals surface area contributed by atoms with Crippen molar-refractivity contribution in [3.8, 4) is 11.4 Å². The zero-order valence-corrected chi connectivity index (χ0v) is 14.6. The lowest BCUT2D eigenvalue weighted by Gasteiger charge is -2.06. The molecular weight excluding hydrogens is 334 g/mol. The van der Waals surface area contributed by atoms with Crippen LogP contribution in [0.5, 0.6) is 5.75 Å². The number of hydrogen-bond donors (Lipinski definition) is 0. The van der Waals surface area contributed by atoms with E-state index in [1.165, 1.54) is 0 Å². The third-order valence-electron chi connectivity index (χ3n) is 3.91. The number of aromatic nitrogens is 1. The molecule has 0 saturated carbocycles. The first-order valence-corrected chi connectivity index (χ1v) is 8.43. The van der Waals surface area contributed by atoms with Gasteiger partial charge in [-0.2, -0.15) is 0 Å². The van der Waals surface area contributed by atoms with Gasteiger partial charge < -0.3 is 9.30 Å². The normalized spacial score (nSPS) is 11.0. The molecule has 0 saturated heterocycles. The van der Waals surface area contributed by atoms with Crippen LogP contribution in [0.3, 0.4) is 0 Å². The highest BCUT2D eigenvalue weighted by atomic mass is 35.5. The quantitative estimate of drug-likeness (QED) is 0.350.